The van der Waals surface area contributed by atoms with Crippen LogP contribution >= 0.6 is 23.5 Å². The molecule has 0 atom stereocenters. The van der Waals surface area contributed by atoms with Gasteiger partial charge in [0.05, 0.1) is 9.79 Å². The minimum Gasteiger partial charge on any atom is -0.418 e. The number of rotatable bonds is 2. The Balaban J connectivity index is 0.000000841. The van der Waals surface area contributed by atoms with Gasteiger partial charge in [-0.15, -0.1) is 23.5 Å². The lowest BCUT2D eigenvalue weighted by atomic mass is 10.3. The lowest BCUT2D eigenvalue weighted by molar-refractivity contribution is 0.368. The van der Waals surface area contributed by atoms with E-state index in [9.17, 15) is 17.3 Å². The summed E-state index contributed by atoms with van der Waals surface area (Å²) >= 11 is 6.06. The second-order valence-corrected chi connectivity index (χ2v) is 13.6. The summed E-state index contributed by atoms with van der Waals surface area (Å²) in [4.78, 5) is 3.09. The standard InChI is InChI=1S/C15H27S3.BF4/c1-13(2,3)16-10-11(17-14(4,5)6)12(10)18-15(7,8)9;2-1(3,4)5/h1-9H3;/q+1;-1. The lowest BCUT2D eigenvalue weighted by Crippen LogP contribution is -2.10. The van der Waals surface area contributed by atoms with E-state index in [-0.39, 0.29) is 0 Å². The zero-order valence-corrected chi connectivity index (χ0v) is 17.8. The van der Waals surface area contributed by atoms with Crippen molar-refractivity contribution in [2.45, 2.75) is 86.3 Å². The molecule has 0 amide bonds. The summed E-state index contributed by atoms with van der Waals surface area (Å²) in [7, 11) is -6.00. The summed E-state index contributed by atoms with van der Waals surface area (Å²) in [5, 5.41) is 0. The molecule has 23 heavy (non-hydrogen) atoms. The average molecular weight is 390 g/mol. The number of halogens is 4. The second kappa shape index (κ2) is 7.69. The molecule has 0 aliphatic carbocycles. The Kier molecular flexibility index (Phi) is 7.79. The highest BCUT2D eigenvalue weighted by Gasteiger charge is 2.37. The van der Waals surface area contributed by atoms with Crippen LogP contribution in [-0.2, 0) is 11.4 Å². The van der Waals surface area contributed by atoms with Crippen LogP contribution in [0.2, 0.25) is 0 Å². The molecule has 0 nitrogen and oxygen atoms in total. The Hall–Kier alpha value is 0.315. The molecule has 0 bridgehead atoms. The molecule has 0 aromatic heterocycles. The van der Waals surface area contributed by atoms with Crippen molar-refractivity contribution in [3.8, 4) is 0 Å². The van der Waals surface area contributed by atoms with E-state index < -0.39 is 7.25 Å². The van der Waals surface area contributed by atoms with Crippen molar-refractivity contribution < 1.29 is 17.3 Å². The van der Waals surface area contributed by atoms with Crippen molar-refractivity contribution in [1.29, 1.82) is 0 Å². The fraction of sp³-hybridized carbons (Fsp3) is 0.800. The smallest absolute Gasteiger partial charge is 0.418 e. The Morgan fingerprint density at radius 3 is 1.13 bits per heavy atom. The van der Waals surface area contributed by atoms with Crippen LogP contribution in [0.3, 0.4) is 0 Å². The largest absolute Gasteiger partial charge is 0.673 e. The fourth-order valence-corrected chi connectivity index (χ4v) is 5.13. The van der Waals surface area contributed by atoms with Crippen LogP contribution in [-0.4, -0.2) is 21.5 Å². The maximum atomic E-state index is 9.75. The average Bonchev–Trinajstić information content (AvgIpc) is 2.66. The Bertz CT molecular complexity index is 485. The lowest BCUT2D eigenvalue weighted by Gasteiger charge is -2.15. The second-order valence-electron chi connectivity index (χ2n) is 8.13. The predicted molar refractivity (Wildman–Crippen MR) is 101 cm³/mol. The molecule has 8 heteroatoms. The summed E-state index contributed by atoms with van der Waals surface area (Å²) in [6, 6.07) is 0. The van der Waals surface area contributed by atoms with Crippen LogP contribution in [0.25, 0.3) is 0 Å². The Morgan fingerprint density at radius 2 is 0.957 bits per heavy atom. The molecule has 1 aromatic rings. The van der Waals surface area contributed by atoms with Crippen molar-refractivity contribution in [1.82, 2.24) is 0 Å². The van der Waals surface area contributed by atoms with Gasteiger partial charge in [0, 0.05) is 9.49 Å². The third kappa shape index (κ3) is 14.4. The minimum absolute atomic E-state index is 0.305. The van der Waals surface area contributed by atoms with E-state index >= 15 is 0 Å². The SMILES string of the molecule is CC(C)(C)Sc1c(SC(C)(C)C)c1=[S+]C(C)(C)C.F[B-](F)(F)F. The molecular weight excluding hydrogens is 363 g/mol. The van der Waals surface area contributed by atoms with Gasteiger partial charge in [-0.05, 0) is 20.8 Å². The van der Waals surface area contributed by atoms with E-state index in [0.29, 0.717) is 14.2 Å². The highest BCUT2D eigenvalue weighted by molar-refractivity contribution is 8.04. The van der Waals surface area contributed by atoms with Crippen molar-refractivity contribution in [2.75, 3.05) is 0 Å². The van der Waals surface area contributed by atoms with Crippen LogP contribution in [0.15, 0.2) is 9.79 Å². The zero-order valence-electron chi connectivity index (χ0n) is 15.3. The molecule has 0 saturated carbocycles. The van der Waals surface area contributed by atoms with Crippen molar-refractivity contribution in [3.63, 3.8) is 0 Å². The van der Waals surface area contributed by atoms with Gasteiger partial charge in [0.2, 0.25) is 0 Å². The van der Waals surface area contributed by atoms with E-state index in [1.54, 1.807) is 14.3 Å². The molecule has 0 N–H and O–H groups in total. The summed E-state index contributed by atoms with van der Waals surface area (Å²) in [6.07, 6.45) is 0. The van der Waals surface area contributed by atoms with E-state index in [1.165, 1.54) is 0 Å². The monoisotopic (exact) mass is 390 g/mol. The maximum Gasteiger partial charge on any atom is 0.673 e. The van der Waals surface area contributed by atoms with Crippen LogP contribution < -0.4 is 0 Å². The van der Waals surface area contributed by atoms with Crippen molar-refractivity contribution in [2.24, 2.45) is 0 Å². The molecule has 0 aliphatic heterocycles. The molecule has 136 valence electrons. The summed E-state index contributed by atoms with van der Waals surface area (Å²) < 4.78 is 41.5. The van der Waals surface area contributed by atoms with Crippen LogP contribution in [0.1, 0.15) is 62.3 Å². The Morgan fingerprint density at radius 1 is 0.696 bits per heavy atom. The Labute approximate surface area is 150 Å². The van der Waals surface area contributed by atoms with Crippen molar-refractivity contribution >= 4 is 42.1 Å². The van der Waals surface area contributed by atoms with Gasteiger partial charge in [0.15, 0.2) is 16.1 Å². The molecule has 0 fully saturated rings. The van der Waals surface area contributed by atoms with E-state index in [1.807, 2.05) is 34.9 Å². The number of hydrogen-bond acceptors (Lipinski definition) is 2. The quantitative estimate of drug-likeness (QED) is 0.174. The van der Waals surface area contributed by atoms with Gasteiger partial charge < -0.3 is 17.3 Å². The molecule has 0 unspecified atom stereocenters. The molecule has 1 rings (SSSR count). The first-order valence-electron chi connectivity index (χ1n) is 7.35. The van der Waals surface area contributed by atoms with Crippen molar-refractivity contribution in [3.05, 3.63) is 4.51 Å². The third-order valence-electron chi connectivity index (χ3n) is 1.78. The van der Waals surface area contributed by atoms with E-state index in [0.717, 1.165) is 0 Å². The van der Waals surface area contributed by atoms with Crippen LogP contribution in [0.5, 0.6) is 0 Å². The zero-order chi connectivity index (χ0) is 18.9. The highest BCUT2D eigenvalue weighted by Crippen LogP contribution is 2.51. The summed E-state index contributed by atoms with van der Waals surface area (Å²) in [5.41, 5.74) is 0. The van der Waals surface area contributed by atoms with Gasteiger partial charge in [0.25, 0.3) is 4.51 Å². The molecule has 0 spiro atoms. The van der Waals surface area contributed by atoms with Gasteiger partial charge in [0.1, 0.15) is 0 Å². The van der Waals surface area contributed by atoms with Gasteiger partial charge in [-0.25, -0.2) is 0 Å². The fourth-order valence-electron chi connectivity index (χ4n) is 1.34. The predicted octanol–water partition coefficient (Wildman–Crippen LogP) is 7.06. The van der Waals surface area contributed by atoms with Gasteiger partial charge in [-0.2, -0.15) is 0 Å². The number of hydrogen-bond donors (Lipinski definition) is 0. The summed E-state index contributed by atoms with van der Waals surface area (Å²) in [5.74, 6) is 0. The topological polar surface area (TPSA) is 0 Å². The molecule has 0 heterocycles. The molecule has 0 saturated heterocycles. The first kappa shape index (κ1) is 23.3. The summed E-state index contributed by atoms with van der Waals surface area (Å²) in [6.45, 7) is 20.6. The van der Waals surface area contributed by atoms with E-state index in [2.05, 4.69) is 62.3 Å². The maximum absolute atomic E-state index is 9.75. The minimum atomic E-state index is -6.00. The number of thioether (sulfide) groups is 2. The third-order valence-corrected chi connectivity index (χ3v) is 5.84. The van der Waals surface area contributed by atoms with Gasteiger partial charge in [-0.3, -0.25) is 0 Å². The first-order valence-corrected chi connectivity index (χ1v) is 9.80. The molecule has 0 aliphatic rings. The highest BCUT2D eigenvalue weighted by atomic mass is 32.2. The van der Waals surface area contributed by atoms with Gasteiger partial charge in [-0.1, -0.05) is 41.5 Å². The normalized spacial score (nSPS) is 13.8. The van der Waals surface area contributed by atoms with Gasteiger partial charge >= 0.3 is 7.25 Å². The first-order chi connectivity index (χ1) is 9.79. The molecule has 1 aromatic carbocycles. The molecule has 0 radical (unpaired) electrons. The van der Waals surface area contributed by atoms with Crippen LogP contribution in [0, 0.1) is 4.51 Å². The van der Waals surface area contributed by atoms with E-state index in [4.69, 9.17) is 0 Å². The molecular formula is C15H27BF4S3. The van der Waals surface area contributed by atoms with Crippen LogP contribution in [0.4, 0.5) is 17.3 Å².